The SMILES string of the molecule is CCC(=O)Oc1cccc(CO)c1COc1cc(Cl)c(C)cc1CC. The molecule has 0 fully saturated rings. The second-order valence-corrected chi connectivity index (χ2v) is 6.14. The standard InChI is InChI=1S/C20H23ClO4/c1-4-14-9-13(3)17(21)10-19(14)24-12-16-15(11-22)7-6-8-18(16)25-20(23)5-2/h6-10,22H,4-5,11-12H2,1-3H3. The van der Waals surface area contributed by atoms with Gasteiger partial charge in [-0.1, -0.05) is 43.6 Å². The first-order chi connectivity index (χ1) is 12.0. The minimum Gasteiger partial charge on any atom is -0.488 e. The molecule has 1 N–H and O–H groups in total. The molecule has 0 saturated heterocycles. The molecule has 0 saturated carbocycles. The van der Waals surface area contributed by atoms with Gasteiger partial charge in [-0.3, -0.25) is 4.79 Å². The monoisotopic (exact) mass is 362 g/mol. The van der Waals surface area contributed by atoms with Crippen LogP contribution in [0.1, 0.15) is 42.5 Å². The van der Waals surface area contributed by atoms with Gasteiger partial charge in [-0.05, 0) is 42.2 Å². The van der Waals surface area contributed by atoms with Crippen molar-refractivity contribution in [3.8, 4) is 11.5 Å². The summed E-state index contributed by atoms with van der Waals surface area (Å²) in [7, 11) is 0. The summed E-state index contributed by atoms with van der Waals surface area (Å²) in [4.78, 5) is 11.6. The number of carbonyl (C=O) groups excluding carboxylic acids is 1. The first kappa shape index (κ1) is 19.3. The van der Waals surface area contributed by atoms with Crippen molar-refractivity contribution in [3.63, 3.8) is 0 Å². The van der Waals surface area contributed by atoms with Crippen molar-refractivity contribution in [1.82, 2.24) is 0 Å². The van der Waals surface area contributed by atoms with E-state index < -0.39 is 0 Å². The average molecular weight is 363 g/mol. The summed E-state index contributed by atoms with van der Waals surface area (Å²) >= 11 is 6.21. The van der Waals surface area contributed by atoms with Gasteiger partial charge in [-0.15, -0.1) is 0 Å². The molecule has 0 bridgehead atoms. The van der Waals surface area contributed by atoms with E-state index in [9.17, 15) is 9.90 Å². The first-order valence-corrected chi connectivity index (χ1v) is 8.72. The molecule has 2 rings (SSSR count). The molecule has 0 aliphatic rings. The van der Waals surface area contributed by atoms with Crippen LogP contribution in [0.15, 0.2) is 30.3 Å². The third-order valence-corrected chi connectivity index (χ3v) is 4.41. The molecule has 0 radical (unpaired) electrons. The molecule has 0 spiro atoms. The number of aliphatic hydroxyl groups excluding tert-OH is 1. The zero-order valence-corrected chi connectivity index (χ0v) is 15.5. The van der Waals surface area contributed by atoms with Crippen molar-refractivity contribution in [2.75, 3.05) is 0 Å². The third kappa shape index (κ3) is 4.74. The molecule has 4 nitrogen and oxygen atoms in total. The third-order valence-electron chi connectivity index (χ3n) is 4.01. The minimum absolute atomic E-state index is 0.161. The van der Waals surface area contributed by atoms with Crippen LogP contribution in [-0.2, 0) is 24.4 Å². The largest absolute Gasteiger partial charge is 0.488 e. The summed E-state index contributed by atoms with van der Waals surface area (Å²) in [6, 6.07) is 9.04. The molecule has 0 aliphatic carbocycles. The summed E-state index contributed by atoms with van der Waals surface area (Å²) in [5.74, 6) is 0.775. The molecule has 0 amide bonds. The quantitative estimate of drug-likeness (QED) is 0.577. The Bertz CT molecular complexity index is 756. The maximum absolute atomic E-state index is 11.6. The van der Waals surface area contributed by atoms with Crippen LogP contribution in [0, 0.1) is 6.92 Å². The predicted molar refractivity (Wildman–Crippen MR) is 98.2 cm³/mol. The lowest BCUT2D eigenvalue weighted by atomic mass is 10.1. The van der Waals surface area contributed by atoms with Crippen molar-refractivity contribution in [2.45, 2.75) is 46.8 Å². The van der Waals surface area contributed by atoms with Crippen molar-refractivity contribution in [3.05, 3.63) is 57.6 Å². The van der Waals surface area contributed by atoms with Gasteiger partial charge < -0.3 is 14.6 Å². The Balaban J connectivity index is 2.31. The number of hydrogen-bond donors (Lipinski definition) is 1. The Hall–Kier alpha value is -2.04. The number of rotatable bonds is 7. The number of benzene rings is 2. The van der Waals surface area contributed by atoms with Crippen molar-refractivity contribution >= 4 is 17.6 Å². The van der Waals surface area contributed by atoms with Gasteiger partial charge in [0.1, 0.15) is 18.1 Å². The fraction of sp³-hybridized carbons (Fsp3) is 0.350. The fourth-order valence-electron chi connectivity index (χ4n) is 2.50. The molecular weight excluding hydrogens is 340 g/mol. The van der Waals surface area contributed by atoms with Crippen LogP contribution in [0.5, 0.6) is 11.5 Å². The lowest BCUT2D eigenvalue weighted by Gasteiger charge is -2.16. The Kier molecular flexibility index (Phi) is 6.85. The van der Waals surface area contributed by atoms with Crippen molar-refractivity contribution < 1.29 is 19.4 Å². The van der Waals surface area contributed by atoms with Crippen molar-refractivity contribution in [1.29, 1.82) is 0 Å². The number of ether oxygens (including phenoxy) is 2. The summed E-state index contributed by atoms with van der Waals surface area (Å²) in [6.07, 6.45) is 1.09. The van der Waals surface area contributed by atoms with E-state index in [1.165, 1.54) is 0 Å². The highest BCUT2D eigenvalue weighted by Gasteiger charge is 2.14. The number of esters is 1. The van der Waals surface area contributed by atoms with Gasteiger partial charge in [0.25, 0.3) is 0 Å². The number of carbonyl (C=O) groups is 1. The van der Waals surface area contributed by atoms with Gasteiger partial charge in [0, 0.05) is 17.0 Å². The molecule has 0 unspecified atom stereocenters. The maximum atomic E-state index is 11.6. The molecule has 0 heterocycles. The van der Waals surface area contributed by atoms with E-state index in [1.54, 1.807) is 31.2 Å². The molecule has 0 aromatic heterocycles. The molecule has 25 heavy (non-hydrogen) atoms. The normalized spacial score (nSPS) is 10.6. The number of aliphatic hydroxyl groups is 1. The molecule has 5 heteroatoms. The van der Waals surface area contributed by atoms with Crippen LogP contribution >= 0.6 is 11.6 Å². The van der Waals surface area contributed by atoms with E-state index in [4.69, 9.17) is 21.1 Å². The summed E-state index contributed by atoms with van der Waals surface area (Å²) in [5.41, 5.74) is 3.37. The van der Waals surface area contributed by atoms with E-state index in [1.807, 2.05) is 19.9 Å². The highest BCUT2D eigenvalue weighted by atomic mass is 35.5. The predicted octanol–water partition coefficient (Wildman–Crippen LogP) is 4.60. The van der Waals surface area contributed by atoms with Crippen LogP contribution in [0.3, 0.4) is 0 Å². The lowest BCUT2D eigenvalue weighted by Crippen LogP contribution is -2.10. The van der Waals surface area contributed by atoms with E-state index in [0.717, 1.165) is 17.5 Å². The summed E-state index contributed by atoms with van der Waals surface area (Å²) in [5, 5.41) is 10.2. The van der Waals surface area contributed by atoms with E-state index >= 15 is 0 Å². The molecule has 0 aliphatic heterocycles. The molecular formula is C20H23ClO4. The molecule has 134 valence electrons. The van der Waals surface area contributed by atoms with Crippen LogP contribution in [0.25, 0.3) is 0 Å². The second kappa shape index (κ2) is 8.88. The van der Waals surface area contributed by atoms with E-state index in [2.05, 4.69) is 0 Å². The van der Waals surface area contributed by atoms with Crippen LogP contribution in [0.2, 0.25) is 5.02 Å². The average Bonchev–Trinajstić information content (AvgIpc) is 2.62. The number of hydrogen-bond acceptors (Lipinski definition) is 4. The van der Waals surface area contributed by atoms with Gasteiger partial charge in [-0.25, -0.2) is 0 Å². The highest BCUT2D eigenvalue weighted by molar-refractivity contribution is 6.31. The van der Waals surface area contributed by atoms with E-state index in [0.29, 0.717) is 27.6 Å². The zero-order valence-electron chi connectivity index (χ0n) is 14.8. The minimum atomic E-state index is -0.330. The van der Waals surface area contributed by atoms with Crippen LogP contribution < -0.4 is 9.47 Å². The topological polar surface area (TPSA) is 55.8 Å². The summed E-state index contributed by atoms with van der Waals surface area (Å²) in [6.45, 7) is 5.75. The second-order valence-electron chi connectivity index (χ2n) is 5.73. The Labute approximate surface area is 153 Å². The highest BCUT2D eigenvalue weighted by Crippen LogP contribution is 2.30. The van der Waals surface area contributed by atoms with Crippen molar-refractivity contribution in [2.24, 2.45) is 0 Å². The molecule has 2 aromatic rings. The Morgan fingerprint density at radius 2 is 1.92 bits per heavy atom. The van der Waals surface area contributed by atoms with Crippen LogP contribution in [-0.4, -0.2) is 11.1 Å². The van der Waals surface area contributed by atoms with Gasteiger partial charge >= 0.3 is 5.97 Å². The lowest BCUT2D eigenvalue weighted by molar-refractivity contribution is -0.134. The van der Waals surface area contributed by atoms with Gasteiger partial charge in [-0.2, -0.15) is 0 Å². The maximum Gasteiger partial charge on any atom is 0.310 e. The zero-order chi connectivity index (χ0) is 18.4. The molecule has 2 aromatic carbocycles. The fourth-order valence-corrected chi connectivity index (χ4v) is 2.65. The first-order valence-electron chi connectivity index (χ1n) is 8.34. The molecule has 0 atom stereocenters. The van der Waals surface area contributed by atoms with Gasteiger partial charge in [0.05, 0.1) is 6.61 Å². The number of aryl methyl sites for hydroxylation is 2. The number of halogens is 1. The Morgan fingerprint density at radius 1 is 1.16 bits per heavy atom. The Morgan fingerprint density at radius 3 is 2.56 bits per heavy atom. The van der Waals surface area contributed by atoms with Crippen LogP contribution in [0.4, 0.5) is 0 Å². The van der Waals surface area contributed by atoms with Gasteiger partial charge in [0.2, 0.25) is 0 Å². The van der Waals surface area contributed by atoms with E-state index in [-0.39, 0.29) is 25.6 Å². The summed E-state index contributed by atoms with van der Waals surface area (Å²) < 4.78 is 11.3. The smallest absolute Gasteiger partial charge is 0.310 e. The van der Waals surface area contributed by atoms with Gasteiger partial charge in [0.15, 0.2) is 0 Å².